The highest BCUT2D eigenvalue weighted by atomic mass is 16.7. The summed E-state index contributed by atoms with van der Waals surface area (Å²) in [6.45, 7) is 0.314. The van der Waals surface area contributed by atoms with Gasteiger partial charge in [0.2, 0.25) is 0 Å². The van der Waals surface area contributed by atoms with Gasteiger partial charge in [0.25, 0.3) is 5.91 Å². The monoisotopic (exact) mass is 257 g/mol. The van der Waals surface area contributed by atoms with Gasteiger partial charge in [-0.3, -0.25) is 4.79 Å². The third-order valence-corrected chi connectivity index (χ3v) is 2.11. The Hall–Kier alpha value is -1.62. The van der Waals surface area contributed by atoms with Crippen LogP contribution in [-0.4, -0.2) is 54.7 Å². The largest absolute Gasteiger partial charge is 0.370 e. The zero-order chi connectivity index (χ0) is 13.4. The lowest BCUT2D eigenvalue weighted by Gasteiger charge is -2.18. The third-order valence-electron chi connectivity index (χ3n) is 2.11. The summed E-state index contributed by atoms with van der Waals surface area (Å²) >= 11 is 0. The third kappa shape index (κ3) is 4.71. The van der Waals surface area contributed by atoms with E-state index in [-0.39, 0.29) is 39.3 Å². The smallest absolute Gasteiger partial charge is 0.358 e. The van der Waals surface area contributed by atoms with Crippen LogP contribution in [0.5, 0.6) is 0 Å². The van der Waals surface area contributed by atoms with Gasteiger partial charge >= 0.3 is 5.97 Å². The number of ether oxygens (including phenoxy) is 2. The van der Waals surface area contributed by atoms with Gasteiger partial charge < -0.3 is 19.4 Å². The van der Waals surface area contributed by atoms with E-state index in [0.717, 1.165) is 0 Å². The number of hydroxylamine groups is 2. The Bertz CT molecular complexity index is 337. The Morgan fingerprint density at radius 3 is 2.83 bits per heavy atom. The highest BCUT2D eigenvalue weighted by molar-refractivity contribution is 5.80. The van der Waals surface area contributed by atoms with Crippen LogP contribution in [0, 0.1) is 12.3 Å². The van der Waals surface area contributed by atoms with E-state index < -0.39 is 18.1 Å². The molecule has 1 heterocycles. The van der Waals surface area contributed by atoms with Crippen molar-refractivity contribution in [1.29, 1.82) is 0 Å². The lowest BCUT2D eigenvalue weighted by molar-refractivity contribution is -0.223. The van der Waals surface area contributed by atoms with Crippen LogP contribution in [0.4, 0.5) is 0 Å². The van der Waals surface area contributed by atoms with Crippen molar-refractivity contribution in [2.45, 2.75) is 19.1 Å². The molecule has 100 valence electrons. The van der Waals surface area contributed by atoms with Crippen LogP contribution in [-0.2, 0) is 23.9 Å². The van der Waals surface area contributed by atoms with Crippen molar-refractivity contribution in [2.24, 2.45) is 0 Å². The first-order valence-corrected chi connectivity index (χ1v) is 5.45. The van der Waals surface area contributed by atoms with E-state index in [4.69, 9.17) is 15.9 Å². The van der Waals surface area contributed by atoms with E-state index in [9.17, 15) is 14.7 Å². The number of terminal acetylenes is 1. The molecule has 1 aliphatic rings. The second-order valence-electron chi connectivity index (χ2n) is 3.51. The predicted octanol–water partition coefficient (Wildman–Crippen LogP) is -0.948. The molecule has 1 rings (SSSR count). The van der Waals surface area contributed by atoms with Crippen LogP contribution in [0.25, 0.3) is 0 Å². The summed E-state index contributed by atoms with van der Waals surface area (Å²) < 4.78 is 9.85. The molecule has 0 spiro atoms. The van der Waals surface area contributed by atoms with Crippen LogP contribution in [0.1, 0.15) is 12.8 Å². The number of carbonyl (C=O) groups is 2. The molecule has 1 unspecified atom stereocenters. The Labute approximate surface area is 105 Å². The zero-order valence-electron chi connectivity index (χ0n) is 9.83. The number of hydrogen-bond acceptors (Lipinski definition) is 6. The maximum absolute atomic E-state index is 11.3. The lowest BCUT2D eigenvalue weighted by atomic mass is 10.4. The van der Waals surface area contributed by atoms with Crippen molar-refractivity contribution in [3.63, 3.8) is 0 Å². The van der Waals surface area contributed by atoms with E-state index >= 15 is 0 Å². The van der Waals surface area contributed by atoms with Crippen molar-refractivity contribution in [2.75, 3.05) is 26.4 Å². The van der Waals surface area contributed by atoms with Crippen LogP contribution < -0.4 is 0 Å². The average molecular weight is 257 g/mol. The maximum atomic E-state index is 11.3. The molecule has 0 aromatic heterocycles. The minimum atomic E-state index is -1.07. The second kappa shape index (κ2) is 7.66. The molecule has 7 heteroatoms. The van der Waals surface area contributed by atoms with Crippen LogP contribution in [0.3, 0.4) is 0 Å². The van der Waals surface area contributed by atoms with E-state index in [0.29, 0.717) is 5.06 Å². The fourth-order valence-electron chi connectivity index (χ4n) is 1.30. The number of aliphatic hydroxyl groups excluding tert-OH is 1. The fourth-order valence-corrected chi connectivity index (χ4v) is 1.30. The number of carbonyl (C=O) groups excluding carboxylic acids is 2. The summed E-state index contributed by atoms with van der Waals surface area (Å²) in [5.74, 6) is 1.11. The molecule has 0 radical (unpaired) electrons. The molecule has 0 aromatic rings. The molecule has 7 nitrogen and oxygen atoms in total. The molecule has 0 aliphatic carbocycles. The molecule has 1 amide bonds. The highest BCUT2D eigenvalue weighted by Crippen LogP contribution is 2.16. The Morgan fingerprint density at radius 2 is 2.22 bits per heavy atom. The lowest BCUT2D eigenvalue weighted by Crippen LogP contribution is -2.36. The van der Waals surface area contributed by atoms with Gasteiger partial charge in [0.05, 0.1) is 13.2 Å². The van der Waals surface area contributed by atoms with Gasteiger partial charge in [0.15, 0.2) is 6.23 Å². The Morgan fingerprint density at radius 1 is 1.50 bits per heavy atom. The predicted molar refractivity (Wildman–Crippen MR) is 58.6 cm³/mol. The van der Waals surface area contributed by atoms with Gasteiger partial charge in [-0.15, -0.1) is 11.5 Å². The molecule has 1 fully saturated rings. The van der Waals surface area contributed by atoms with E-state index in [1.807, 2.05) is 0 Å². The first-order valence-electron chi connectivity index (χ1n) is 5.45. The number of amides is 1. The summed E-state index contributed by atoms with van der Waals surface area (Å²) in [5.41, 5.74) is 0. The number of rotatable bonds is 7. The summed E-state index contributed by atoms with van der Waals surface area (Å²) in [7, 11) is 0. The highest BCUT2D eigenvalue weighted by Gasteiger charge is 2.32. The van der Waals surface area contributed by atoms with E-state index in [1.165, 1.54) is 0 Å². The molecule has 1 N–H and O–H groups in total. The van der Waals surface area contributed by atoms with Gasteiger partial charge in [-0.1, -0.05) is 5.92 Å². The second-order valence-corrected chi connectivity index (χ2v) is 3.51. The topological polar surface area (TPSA) is 85.3 Å². The molecule has 0 bridgehead atoms. The molecule has 18 heavy (non-hydrogen) atoms. The SMILES string of the molecule is C#CCOCCOCC(=O)ON1C(=O)CCC1O. The van der Waals surface area contributed by atoms with Gasteiger partial charge in [-0.25, -0.2) is 4.79 Å². The average Bonchev–Trinajstić information content (AvgIpc) is 2.65. The fraction of sp³-hybridized carbons (Fsp3) is 0.636. The number of aliphatic hydroxyl groups is 1. The molecule has 1 saturated heterocycles. The maximum Gasteiger partial charge on any atom is 0.358 e. The number of hydrogen-bond donors (Lipinski definition) is 1. The molecule has 0 aromatic carbocycles. The van der Waals surface area contributed by atoms with Crippen molar-refractivity contribution in [3.8, 4) is 12.3 Å². The number of nitrogens with zero attached hydrogens (tertiary/aromatic N) is 1. The van der Waals surface area contributed by atoms with Crippen molar-refractivity contribution in [3.05, 3.63) is 0 Å². The van der Waals surface area contributed by atoms with Gasteiger partial charge in [-0.05, 0) is 0 Å². The van der Waals surface area contributed by atoms with E-state index in [2.05, 4.69) is 10.8 Å². The summed E-state index contributed by atoms with van der Waals surface area (Å²) in [4.78, 5) is 27.1. The zero-order valence-corrected chi connectivity index (χ0v) is 9.83. The standard InChI is InChI=1S/C11H15NO6/c1-2-5-16-6-7-17-8-11(15)18-12-9(13)3-4-10(12)14/h1,9,13H,3-8H2. The molecule has 0 saturated carbocycles. The first-order chi connectivity index (χ1) is 8.65. The molecule has 1 aliphatic heterocycles. The van der Waals surface area contributed by atoms with Crippen LogP contribution in [0.15, 0.2) is 0 Å². The first kappa shape index (κ1) is 14.4. The minimum absolute atomic E-state index is 0.162. The Kier molecular flexibility index (Phi) is 6.14. The van der Waals surface area contributed by atoms with Crippen molar-refractivity contribution in [1.82, 2.24) is 5.06 Å². The Balaban J connectivity index is 2.10. The van der Waals surface area contributed by atoms with Crippen LogP contribution >= 0.6 is 0 Å². The minimum Gasteiger partial charge on any atom is -0.370 e. The van der Waals surface area contributed by atoms with Crippen molar-refractivity contribution < 1.29 is 29.0 Å². The molecule has 1 atom stereocenters. The summed E-state index contributed by atoms with van der Waals surface area (Å²) in [6.07, 6.45) is 4.31. The van der Waals surface area contributed by atoms with Gasteiger partial charge in [-0.2, -0.15) is 0 Å². The molecular weight excluding hydrogens is 242 g/mol. The quantitative estimate of drug-likeness (QED) is 0.467. The normalized spacial score (nSPS) is 18.8. The van der Waals surface area contributed by atoms with Gasteiger partial charge in [0, 0.05) is 12.8 Å². The molecular formula is C11H15NO6. The van der Waals surface area contributed by atoms with Gasteiger partial charge in [0.1, 0.15) is 13.2 Å². The van der Waals surface area contributed by atoms with E-state index in [1.54, 1.807) is 0 Å². The van der Waals surface area contributed by atoms with Crippen LogP contribution in [0.2, 0.25) is 0 Å². The summed E-state index contributed by atoms with van der Waals surface area (Å²) in [6, 6.07) is 0. The summed E-state index contributed by atoms with van der Waals surface area (Å²) in [5, 5.41) is 9.99. The van der Waals surface area contributed by atoms with Crippen molar-refractivity contribution >= 4 is 11.9 Å².